The second-order valence-corrected chi connectivity index (χ2v) is 6.85. The molecule has 0 spiro atoms. The van der Waals surface area contributed by atoms with E-state index in [-0.39, 0.29) is 16.5 Å². The van der Waals surface area contributed by atoms with Crippen molar-refractivity contribution in [2.24, 2.45) is 0 Å². The van der Waals surface area contributed by atoms with Crippen LogP contribution in [0.5, 0.6) is 0 Å². The van der Waals surface area contributed by atoms with Gasteiger partial charge in [-0.3, -0.25) is 0 Å². The van der Waals surface area contributed by atoms with Gasteiger partial charge < -0.3 is 5.32 Å². The quantitative estimate of drug-likeness (QED) is 0.895. The minimum Gasteiger partial charge on any atom is -0.315 e. The maximum atomic E-state index is 12.9. The highest BCUT2D eigenvalue weighted by Crippen LogP contribution is 2.33. The summed E-state index contributed by atoms with van der Waals surface area (Å²) in [6.45, 7) is 2.61. The van der Waals surface area contributed by atoms with Gasteiger partial charge in [-0.25, -0.2) is 13.1 Å². The second-order valence-electron chi connectivity index (χ2n) is 5.14. The number of nitrogens with one attached hydrogen (secondary N) is 2. The Labute approximate surface area is 121 Å². The molecular formula is C13H17F3N2O2S. The molecule has 0 saturated carbocycles. The van der Waals surface area contributed by atoms with Gasteiger partial charge in [0.25, 0.3) is 0 Å². The van der Waals surface area contributed by atoms with Gasteiger partial charge in [0.15, 0.2) is 0 Å². The van der Waals surface area contributed by atoms with Crippen molar-refractivity contribution < 1.29 is 21.6 Å². The first-order valence-corrected chi connectivity index (χ1v) is 8.09. The lowest BCUT2D eigenvalue weighted by Crippen LogP contribution is -2.45. The fraction of sp³-hybridized carbons (Fsp3) is 0.538. The molecule has 2 rings (SSSR count). The van der Waals surface area contributed by atoms with Crippen LogP contribution in [0.3, 0.4) is 0 Å². The minimum absolute atomic E-state index is 0.000725. The highest BCUT2D eigenvalue weighted by atomic mass is 32.2. The molecule has 1 aromatic rings. The fourth-order valence-electron chi connectivity index (χ4n) is 2.31. The van der Waals surface area contributed by atoms with Gasteiger partial charge in [-0.2, -0.15) is 13.2 Å². The maximum Gasteiger partial charge on any atom is 0.416 e. The molecule has 0 radical (unpaired) electrons. The number of aryl methyl sites for hydroxylation is 1. The van der Waals surface area contributed by atoms with Crippen LogP contribution < -0.4 is 10.0 Å². The van der Waals surface area contributed by atoms with Gasteiger partial charge in [0.05, 0.1) is 10.5 Å². The molecule has 0 aliphatic carbocycles. The Kier molecular flexibility index (Phi) is 4.60. The Morgan fingerprint density at radius 3 is 2.62 bits per heavy atom. The second kappa shape index (κ2) is 5.94. The zero-order chi connectivity index (χ0) is 15.7. The van der Waals surface area contributed by atoms with Gasteiger partial charge in [-0.15, -0.1) is 0 Å². The van der Waals surface area contributed by atoms with Gasteiger partial charge in [0.1, 0.15) is 0 Å². The van der Waals surface area contributed by atoms with Crippen molar-refractivity contribution >= 4 is 10.0 Å². The lowest BCUT2D eigenvalue weighted by atomic mass is 10.1. The molecule has 21 heavy (non-hydrogen) atoms. The Balaban J connectivity index is 2.27. The summed E-state index contributed by atoms with van der Waals surface area (Å²) < 4.78 is 65.4. The van der Waals surface area contributed by atoms with E-state index in [9.17, 15) is 21.6 Å². The molecule has 1 heterocycles. The summed E-state index contributed by atoms with van der Waals surface area (Å²) in [5.41, 5.74) is -0.923. The van der Waals surface area contributed by atoms with Crippen LogP contribution in [0.1, 0.15) is 24.0 Å². The van der Waals surface area contributed by atoms with Crippen LogP contribution in [0.25, 0.3) is 0 Å². The first kappa shape index (κ1) is 16.3. The van der Waals surface area contributed by atoms with Crippen molar-refractivity contribution in [3.8, 4) is 0 Å². The Bertz CT molecular complexity index is 608. The number of sulfonamides is 1. The molecule has 0 bridgehead atoms. The Hall–Kier alpha value is -1.12. The summed E-state index contributed by atoms with van der Waals surface area (Å²) in [6.07, 6.45) is -3.07. The first-order chi connectivity index (χ1) is 9.70. The third-order valence-corrected chi connectivity index (χ3v) is 4.96. The van der Waals surface area contributed by atoms with Crippen molar-refractivity contribution in [2.45, 2.75) is 36.9 Å². The summed E-state index contributed by atoms with van der Waals surface area (Å²) in [7, 11) is -3.95. The van der Waals surface area contributed by atoms with E-state index in [0.29, 0.717) is 19.0 Å². The molecule has 1 aliphatic rings. The van der Waals surface area contributed by atoms with Crippen LogP contribution in [-0.4, -0.2) is 27.5 Å². The van der Waals surface area contributed by atoms with Gasteiger partial charge in [-0.05, 0) is 44.0 Å². The largest absolute Gasteiger partial charge is 0.416 e. The first-order valence-electron chi connectivity index (χ1n) is 6.61. The molecule has 1 saturated heterocycles. The molecule has 1 unspecified atom stereocenters. The molecule has 1 aliphatic heterocycles. The Morgan fingerprint density at radius 2 is 2.05 bits per heavy atom. The van der Waals surface area contributed by atoms with Crippen LogP contribution in [0.15, 0.2) is 23.1 Å². The van der Waals surface area contributed by atoms with Crippen molar-refractivity contribution in [3.05, 3.63) is 29.3 Å². The standard InChI is InChI=1S/C13H17F3N2O2S/c1-9-4-5-11(7-12(9)13(14,15)16)21(19,20)18-10-3-2-6-17-8-10/h4-5,7,10,17-18H,2-3,6,8H2,1H3. The van der Waals surface area contributed by atoms with E-state index >= 15 is 0 Å². The van der Waals surface area contributed by atoms with Crippen molar-refractivity contribution in [1.82, 2.24) is 10.0 Å². The van der Waals surface area contributed by atoms with Gasteiger partial charge in [-0.1, -0.05) is 6.07 Å². The predicted octanol–water partition coefficient (Wildman–Crippen LogP) is 2.04. The molecular weight excluding hydrogens is 305 g/mol. The average molecular weight is 322 g/mol. The van der Waals surface area contributed by atoms with Crippen LogP contribution in [0.2, 0.25) is 0 Å². The number of piperidine rings is 1. The smallest absolute Gasteiger partial charge is 0.315 e. The molecule has 8 heteroatoms. The van der Waals surface area contributed by atoms with E-state index in [0.717, 1.165) is 13.0 Å². The van der Waals surface area contributed by atoms with E-state index in [4.69, 9.17) is 0 Å². The van der Waals surface area contributed by atoms with Crippen LogP contribution in [-0.2, 0) is 16.2 Å². The summed E-state index contributed by atoms with van der Waals surface area (Å²) in [5, 5.41) is 3.05. The summed E-state index contributed by atoms with van der Waals surface area (Å²) >= 11 is 0. The molecule has 2 N–H and O–H groups in total. The lowest BCUT2D eigenvalue weighted by molar-refractivity contribution is -0.138. The number of alkyl halides is 3. The predicted molar refractivity (Wildman–Crippen MR) is 72.4 cm³/mol. The lowest BCUT2D eigenvalue weighted by Gasteiger charge is -2.23. The van der Waals surface area contributed by atoms with E-state index in [1.807, 2.05) is 0 Å². The highest BCUT2D eigenvalue weighted by molar-refractivity contribution is 7.89. The summed E-state index contributed by atoms with van der Waals surface area (Å²) in [6, 6.07) is 2.77. The molecule has 118 valence electrons. The third kappa shape index (κ3) is 3.96. The third-order valence-electron chi connectivity index (χ3n) is 3.44. The zero-order valence-corrected chi connectivity index (χ0v) is 12.3. The van der Waals surface area contributed by atoms with Gasteiger partial charge >= 0.3 is 6.18 Å². The number of halogens is 3. The minimum atomic E-state index is -4.57. The normalized spacial score (nSPS) is 20.5. The zero-order valence-electron chi connectivity index (χ0n) is 11.5. The average Bonchev–Trinajstić information content (AvgIpc) is 2.38. The molecule has 4 nitrogen and oxygen atoms in total. The SMILES string of the molecule is Cc1ccc(S(=O)(=O)NC2CCCNC2)cc1C(F)(F)F. The van der Waals surface area contributed by atoms with E-state index < -0.39 is 21.8 Å². The van der Waals surface area contributed by atoms with E-state index in [1.54, 1.807) is 0 Å². The monoisotopic (exact) mass is 322 g/mol. The van der Waals surface area contributed by atoms with Gasteiger partial charge in [0, 0.05) is 12.6 Å². The fourth-order valence-corrected chi connectivity index (χ4v) is 3.61. The topological polar surface area (TPSA) is 58.2 Å². The number of rotatable bonds is 3. The molecule has 0 aromatic heterocycles. The molecule has 1 atom stereocenters. The molecule has 1 aromatic carbocycles. The van der Waals surface area contributed by atoms with Crippen LogP contribution >= 0.6 is 0 Å². The maximum absolute atomic E-state index is 12.9. The van der Waals surface area contributed by atoms with Crippen molar-refractivity contribution in [2.75, 3.05) is 13.1 Å². The van der Waals surface area contributed by atoms with Gasteiger partial charge in [0.2, 0.25) is 10.0 Å². The van der Waals surface area contributed by atoms with E-state index in [2.05, 4.69) is 10.0 Å². The number of hydrogen-bond donors (Lipinski definition) is 2. The van der Waals surface area contributed by atoms with Crippen molar-refractivity contribution in [3.63, 3.8) is 0 Å². The molecule has 1 fully saturated rings. The van der Waals surface area contributed by atoms with Crippen LogP contribution in [0, 0.1) is 6.92 Å². The Morgan fingerprint density at radius 1 is 1.33 bits per heavy atom. The summed E-state index contributed by atoms with van der Waals surface area (Å²) in [4.78, 5) is -0.356. The molecule has 0 amide bonds. The number of benzene rings is 1. The van der Waals surface area contributed by atoms with Crippen LogP contribution in [0.4, 0.5) is 13.2 Å². The summed E-state index contributed by atoms with van der Waals surface area (Å²) in [5.74, 6) is 0. The number of hydrogen-bond acceptors (Lipinski definition) is 3. The van der Waals surface area contributed by atoms with Crippen molar-refractivity contribution in [1.29, 1.82) is 0 Å². The highest BCUT2D eigenvalue weighted by Gasteiger charge is 2.34. The van der Waals surface area contributed by atoms with E-state index in [1.165, 1.54) is 19.1 Å².